The van der Waals surface area contributed by atoms with E-state index in [4.69, 9.17) is 4.42 Å². The third kappa shape index (κ3) is 3.19. The van der Waals surface area contributed by atoms with Gasteiger partial charge in [-0.15, -0.1) is 5.10 Å². The smallest absolute Gasteiger partial charge is 0.322 e. The van der Waals surface area contributed by atoms with E-state index in [-0.39, 0.29) is 17.8 Å². The number of rotatable bonds is 3. The maximum absolute atomic E-state index is 12.1. The fourth-order valence-corrected chi connectivity index (χ4v) is 3.37. The minimum Gasteiger partial charge on any atom is -0.408 e. The lowest BCUT2D eigenvalue weighted by atomic mass is 9.89. The fourth-order valence-electron chi connectivity index (χ4n) is 3.37. The highest BCUT2D eigenvalue weighted by Crippen LogP contribution is 2.32. The molecule has 20 heavy (non-hydrogen) atoms. The topological polar surface area (TPSA) is 68.0 Å². The van der Waals surface area contributed by atoms with Gasteiger partial charge in [0.1, 0.15) is 0 Å². The van der Waals surface area contributed by atoms with Crippen molar-refractivity contribution < 1.29 is 9.21 Å². The standard InChI is InChI=1S/C15H23N3O2/c19-13(11-7-3-1-4-8-11)16-15-18-17-14(20-15)12-9-5-2-6-10-12/h11-12H,1-10H2,(H,16,18,19). The molecule has 1 aromatic heterocycles. The summed E-state index contributed by atoms with van der Waals surface area (Å²) < 4.78 is 5.63. The number of carbonyl (C=O) groups excluding carboxylic acids is 1. The Kier molecular flexibility index (Phi) is 4.33. The molecule has 2 saturated carbocycles. The van der Waals surface area contributed by atoms with E-state index in [1.807, 2.05) is 0 Å². The molecule has 0 unspecified atom stereocenters. The van der Waals surface area contributed by atoms with Crippen LogP contribution in [0.2, 0.25) is 0 Å². The van der Waals surface area contributed by atoms with E-state index >= 15 is 0 Å². The molecular formula is C15H23N3O2. The summed E-state index contributed by atoms with van der Waals surface area (Å²) in [6.45, 7) is 0. The SMILES string of the molecule is O=C(Nc1nnc(C2CCCCC2)o1)C1CCCCC1. The molecule has 5 nitrogen and oxygen atoms in total. The van der Waals surface area contributed by atoms with E-state index < -0.39 is 0 Å². The van der Waals surface area contributed by atoms with Crippen LogP contribution in [0.4, 0.5) is 6.01 Å². The van der Waals surface area contributed by atoms with Crippen molar-refractivity contribution in [2.75, 3.05) is 5.32 Å². The van der Waals surface area contributed by atoms with Crippen molar-refractivity contribution >= 4 is 11.9 Å². The normalized spacial score (nSPS) is 21.8. The molecule has 3 rings (SSSR count). The van der Waals surface area contributed by atoms with Gasteiger partial charge in [0.05, 0.1) is 0 Å². The van der Waals surface area contributed by atoms with Crippen LogP contribution in [0.1, 0.15) is 76.0 Å². The molecule has 1 aromatic rings. The summed E-state index contributed by atoms with van der Waals surface area (Å²) in [6, 6.07) is 0.279. The zero-order chi connectivity index (χ0) is 13.8. The van der Waals surface area contributed by atoms with E-state index in [1.54, 1.807) is 0 Å². The Hall–Kier alpha value is -1.39. The number of nitrogens with zero attached hydrogens (tertiary/aromatic N) is 2. The van der Waals surface area contributed by atoms with E-state index in [9.17, 15) is 4.79 Å². The monoisotopic (exact) mass is 277 g/mol. The number of aromatic nitrogens is 2. The van der Waals surface area contributed by atoms with Crippen LogP contribution in [0, 0.1) is 5.92 Å². The quantitative estimate of drug-likeness (QED) is 0.916. The molecule has 0 atom stereocenters. The maximum atomic E-state index is 12.1. The van der Waals surface area contributed by atoms with Gasteiger partial charge in [0.15, 0.2) is 0 Å². The molecule has 2 fully saturated rings. The first-order chi connectivity index (χ1) is 9.83. The highest BCUT2D eigenvalue weighted by molar-refractivity contribution is 5.90. The summed E-state index contributed by atoms with van der Waals surface area (Å²) in [4.78, 5) is 12.1. The number of amides is 1. The number of hydrogen-bond donors (Lipinski definition) is 1. The molecule has 0 saturated heterocycles. The summed E-state index contributed by atoms with van der Waals surface area (Å²) in [5.41, 5.74) is 0. The van der Waals surface area contributed by atoms with E-state index in [0.29, 0.717) is 11.8 Å². The van der Waals surface area contributed by atoms with Gasteiger partial charge in [0.2, 0.25) is 11.8 Å². The largest absolute Gasteiger partial charge is 0.408 e. The number of anilines is 1. The molecule has 2 aliphatic rings. The molecule has 110 valence electrons. The van der Waals surface area contributed by atoms with Crippen LogP contribution in [0.5, 0.6) is 0 Å². The maximum Gasteiger partial charge on any atom is 0.322 e. The second-order valence-electron chi connectivity index (χ2n) is 6.10. The minimum absolute atomic E-state index is 0.0449. The number of carbonyl (C=O) groups is 1. The highest BCUT2D eigenvalue weighted by atomic mass is 16.4. The van der Waals surface area contributed by atoms with Crippen molar-refractivity contribution in [3.8, 4) is 0 Å². The van der Waals surface area contributed by atoms with E-state index in [2.05, 4.69) is 15.5 Å². The first-order valence-corrected chi connectivity index (χ1v) is 7.97. The van der Waals surface area contributed by atoms with Gasteiger partial charge in [-0.2, -0.15) is 0 Å². The molecule has 0 aliphatic heterocycles. The predicted molar refractivity (Wildman–Crippen MR) is 75.3 cm³/mol. The summed E-state index contributed by atoms with van der Waals surface area (Å²) >= 11 is 0. The minimum atomic E-state index is 0.0449. The lowest BCUT2D eigenvalue weighted by Gasteiger charge is -2.19. The second kappa shape index (κ2) is 6.37. The van der Waals surface area contributed by atoms with Crippen molar-refractivity contribution in [3.05, 3.63) is 5.89 Å². The van der Waals surface area contributed by atoms with Crippen molar-refractivity contribution in [2.24, 2.45) is 5.92 Å². The Morgan fingerprint density at radius 1 is 0.950 bits per heavy atom. The van der Waals surface area contributed by atoms with Crippen LogP contribution in [0.15, 0.2) is 4.42 Å². The van der Waals surface area contributed by atoms with Gasteiger partial charge in [-0.05, 0) is 25.7 Å². The molecule has 0 radical (unpaired) electrons. The summed E-state index contributed by atoms with van der Waals surface area (Å²) in [5.74, 6) is 1.25. The Bertz CT molecular complexity index is 446. The Morgan fingerprint density at radius 2 is 1.60 bits per heavy atom. The Morgan fingerprint density at radius 3 is 2.30 bits per heavy atom. The van der Waals surface area contributed by atoms with Gasteiger partial charge < -0.3 is 4.42 Å². The van der Waals surface area contributed by atoms with E-state index in [1.165, 1.54) is 25.7 Å². The summed E-state index contributed by atoms with van der Waals surface area (Å²) in [7, 11) is 0. The van der Waals surface area contributed by atoms with Crippen molar-refractivity contribution in [2.45, 2.75) is 70.1 Å². The average Bonchev–Trinajstić information content (AvgIpc) is 2.97. The van der Waals surface area contributed by atoms with Gasteiger partial charge in [-0.1, -0.05) is 43.6 Å². The second-order valence-corrected chi connectivity index (χ2v) is 6.10. The molecular weight excluding hydrogens is 254 g/mol. The third-order valence-electron chi connectivity index (χ3n) is 4.60. The van der Waals surface area contributed by atoms with Crippen molar-refractivity contribution in [1.82, 2.24) is 10.2 Å². The van der Waals surface area contributed by atoms with Gasteiger partial charge in [-0.25, -0.2) is 0 Å². The van der Waals surface area contributed by atoms with Crippen LogP contribution in [0.3, 0.4) is 0 Å². The molecule has 0 bridgehead atoms. The third-order valence-corrected chi connectivity index (χ3v) is 4.60. The highest BCUT2D eigenvalue weighted by Gasteiger charge is 2.24. The van der Waals surface area contributed by atoms with Gasteiger partial charge in [0, 0.05) is 11.8 Å². The molecule has 0 spiro atoms. The summed E-state index contributed by atoms with van der Waals surface area (Å²) in [6.07, 6.45) is 11.5. The van der Waals surface area contributed by atoms with Crippen LogP contribution < -0.4 is 5.32 Å². The predicted octanol–water partition coefficient (Wildman–Crippen LogP) is 3.64. The zero-order valence-corrected chi connectivity index (χ0v) is 11.9. The van der Waals surface area contributed by atoms with Crippen molar-refractivity contribution in [3.63, 3.8) is 0 Å². The molecule has 1 N–H and O–H groups in total. The van der Waals surface area contributed by atoms with Crippen LogP contribution in [-0.4, -0.2) is 16.1 Å². The Labute approximate surface area is 119 Å². The number of nitrogens with one attached hydrogen (secondary N) is 1. The molecule has 1 amide bonds. The van der Waals surface area contributed by atoms with Gasteiger partial charge in [0.25, 0.3) is 0 Å². The van der Waals surface area contributed by atoms with E-state index in [0.717, 1.165) is 38.5 Å². The van der Waals surface area contributed by atoms with Crippen molar-refractivity contribution in [1.29, 1.82) is 0 Å². The molecule has 1 heterocycles. The zero-order valence-electron chi connectivity index (χ0n) is 11.9. The van der Waals surface area contributed by atoms with Gasteiger partial charge in [-0.3, -0.25) is 10.1 Å². The Balaban J connectivity index is 1.57. The van der Waals surface area contributed by atoms with Crippen LogP contribution in [0.25, 0.3) is 0 Å². The molecule has 2 aliphatic carbocycles. The number of hydrogen-bond acceptors (Lipinski definition) is 4. The van der Waals surface area contributed by atoms with Crippen LogP contribution in [-0.2, 0) is 4.79 Å². The molecule has 0 aromatic carbocycles. The summed E-state index contributed by atoms with van der Waals surface area (Å²) in [5, 5.41) is 10.9. The van der Waals surface area contributed by atoms with Crippen LogP contribution >= 0.6 is 0 Å². The lowest BCUT2D eigenvalue weighted by Crippen LogP contribution is -2.24. The first-order valence-electron chi connectivity index (χ1n) is 7.97. The first kappa shape index (κ1) is 13.6. The lowest BCUT2D eigenvalue weighted by molar-refractivity contribution is -0.120. The molecule has 5 heteroatoms. The van der Waals surface area contributed by atoms with Gasteiger partial charge >= 0.3 is 6.01 Å². The fraction of sp³-hybridized carbons (Fsp3) is 0.800. The average molecular weight is 277 g/mol.